The summed E-state index contributed by atoms with van der Waals surface area (Å²) in [5.74, 6) is -0.901. The number of nitrogens with two attached hydrogens (primary N) is 1. The Bertz CT molecular complexity index is 644. The van der Waals surface area contributed by atoms with Gasteiger partial charge < -0.3 is 16.0 Å². The van der Waals surface area contributed by atoms with Gasteiger partial charge in [-0.2, -0.15) is 0 Å². The number of nitrogens with one attached hydrogen (secondary N) is 1. The van der Waals surface area contributed by atoms with Crippen molar-refractivity contribution in [3.05, 3.63) is 23.8 Å². The number of pyridine rings is 1. The van der Waals surface area contributed by atoms with Crippen LogP contribution in [0.25, 0.3) is 0 Å². The third-order valence-electron chi connectivity index (χ3n) is 5.22. The minimum absolute atomic E-state index is 0.0630. The van der Waals surface area contributed by atoms with Gasteiger partial charge in [0.1, 0.15) is 5.69 Å². The van der Waals surface area contributed by atoms with Crippen molar-refractivity contribution in [2.75, 3.05) is 25.9 Å². The average molecular weight is 364 g/mol. The summed E-state index contributed by atoms with van der Waals surface area (Å²) in [6.07, 6.45) is 8.16. The van der Waals surface area contributed by atoms with Crippen molar-refractivity contribution in [1.29, 1.82) is 0 Å². The second kappa shape index (κ2) is 8.96. The third-order valence-corrected chi connectivity index (χ3v) is 5.22. The number of nitrogens with zero attached hydrogens (tertiary/aromatic N) is 2. The highest BCUT2D eigenvalue weighted by atomic mass is 19.1. The van der Waals surface area contributed by atoms with Crippen molar-refractivity contribution in [3.8, 4) is 0 Å². The molecule has 1 heterocycles. The van der Waals surface area contributed by atoms with E-state index in [1.165, 1.54) is 6.07 Å². The van der Waals surface area contributed by atoms with Crippen LogP contribution in [0.2, 0.25) is 0 Å². The Balaban J connectivity index is 1.86. The first-order chi connectivity index (χ1) is 12.4. The van der Waals surface area contributed by atoms with Crippen LogP contribution in [0.5, 0.6) is 0 Å². The van der Waals surface area contributed by atoms with Crippen LogP contribution in [0.1, 0.15) is 62.4 Å². The normalized spacial score (nSPS) is 15.7. The van der Waals surface area contributed by atoms with Crippen molar-refractivity contribution in [1.82, 2.24) is 15.2 Å². The third kappa shape index (κ3) is 4.71. The number of unbranched alkanes of at least 4 members (excludes halogenated alkanes) is 1. The summed E-state index contributed by atoms with van der Waals surface area (Å²) in [6, 6.07) is 1.21. The molecule has 0 spiro atoms. The molecule has 0 aromatic carbocycles. The Morgan fingerprint density at radius 1 is 1.38 bits per heavy atom. The summed E-state index contributed by atoms with van der Waals surface area (Å²) in [5, 5.41) is 2.70. The van der Waals surface area contributed by atoms with E-state index in [2.05, 4.69) is 17.2 Å². The van der Waals surface area contributed by atoms with Crippen LogP contribution >= 0.6 is 0 Å². The first-order valence-corrected chi connectivity index (χ1v) is 9.34. The minimum Gasteiger partial charge on any atom is -0.396 e. The molecule has 0 radical (unpaired) electrons. The molecule has 26 heavy (non-hydrogen) atoms. The summed E-state index contributed by atoms with van der Waals surface area (Å²) in [5.41, 5.74) is 5.18. The van der Waals surface area contributed by atoms with Crippen LogP contribution in [0.3, 0.4) is 0 Å². The zero-order valence-electron chi connectivity index (χ0n) is 15.7. The molecule has 1 aliphatic carbocycles. The summed E-state index contributed by atoms with van der Waals surface area (Å²) >= 11 is 0. The number of halogens is 1. The van der Waals surface area contributed by atoms with Gasteiger partial charge in [-0.3, -0.25) is 9.59 Å². The van der Waals surface area contributed by atoms with Crippen LogP contribution in [-0.2, 0) is 4.79 Å². The Hall–Kier alpha value is -2.18. The summed E-state index contributed by atoms with van der Waals surface area (Å²) < 4.78 is 13.1. The molecule has 3 N–H and O–H groups in total. The van der Waals surface area contributed by atoms with Gasteiger partial charge in [0, 0.05) is 25.6 Å². The van der Waals surface area contributed by atoms with Crippen molar-refractivity contribution in [2.45, 2.75) is 51.9 Å². The quantitative estimate of drug-likeness (QED) is 0.742. The number of hydrogen-bond acceptors (Lipinski definition) is 4. The molecular formula is C19H29FN4O2. The molecule has 0 saturated heterocycles. The van der Waals surface area contributed by atoms with Gasteiger partial charge >= 0.3 is 0 Å². The summed E-state index contributed by atoms with van der Waals surface area (Å²) in [7, 11) is 1.79. The van der Waals surface area contributed by atoms with Gasteiger partial charge in [0.05, 0.1) is 11.9 Å². The molecule has 0 aliphatic heterocycles. The van der Waals surface area contributed by atoms with Crippen LogP contribution in [0, 0.1) is 11.2 Å². The Morgan fingerprint density at radius 3 is 2.69 bits per heavy atom. The van der Waals surface area contributed by atoms with Gasteiger partial charge in [-0.15, -0.1) is 0 Å². The van der Waals surface area contributed by atoms with E-state index < -0.39 is 11.7 Å². The maximum Gasteiger partial charge on any atom is 0.270 e. The van der Waals surface area contributed by atoms with Crippen molar-refractivity contribution in [2.24, 2.45) is 5.41 Å². The van der Waals surface area contributed by atoms with Crippen molar-refractivity contribution in [3.63, 3.8) is 0 Å². The highest BCUT2D eigenvalue weighted by Crippen LogP contribution is 2.43. The number of likely N-dealkylation sites (N-methyl/N-ethyl adjacent to an activating group) is 1. The number of hydrogen-bond donors (Lipinski definition) is 2. The van der Waals surface area contributed by atoms with E-state index in [0.717, 1.165) is 51.1 Å². The molecule has 2 rings (SSSR count). The fourth-order valence-electron chi connectivity index (χ4n) is 3.65. The minimum atomic E-state index is -0.652. The largest absolute Gasteiger partial charge is 0.396 e. The van der Waals surface area contributed by atoms with Gasteiger partial charge in [0.15, 0.2) is 5.82 Å². The van der Waals surface area contributed by atoms with Gasteiger partial charge in [-0.05, 0) is 25.3 Å². The first-order valence-electron chi connectivity index (χ1n) is 9.34. The molecule has 2 amide bonds. The molecule has 0 bridgehead atoms. The van der Waals surface area contributed by atoms with Crippen LogP contribution in [-0.4, -0.2) is 41.8 Å². The lowest BCUT2D eigenvalue weighted by atomic mass is 9.79. The number of carbonyl (C=O) groups is 2. The van der Waals surface area contributed by atoms with E-state index in [1.54, 1.807) is 11.9 Å². The van der Waals surface area contributed by atoms with Crippen LogP contribution < -0.4 is 11.1 Å². The predicted octanol–water partition coefficient (Wildman–Crippen LogP) is 2.74. The molecule has 1 saturated carbocycles. The Kier molecular flexibility index (Phi) is 6.94. The average Bonchev–Trinajstić information content (AvgIpc) is 3.11. The van der Waals surface area contributed by atoms with Gasteiger partial charge in [-0.25, -0.2) is 9.37 Å². The van der Waals surface area contributed by atoms with Crippen LogP contribution in [0.4, 0.5) is 10.1 Å². The monoisotopic (exact) mass is 364 g/mol. The second-order valence-electron chi connectivity index (χ2n) is 7.16. The molecule has 1 aromatic heterocycles. The zero-order valence-corrected chi connectivity index (χ0v) is 15.7. The van der Waals surface area contributed by atoms with E-state index >= 15 is 0 Å². The van der Waals surface area contributed by atoms with Gasteiger partial charge in [0.2, 0.25) is 5.91 Å². The highest BCUT2D eigenvalue weighted by Gasteiger charge is 2.41. The maximum absolute atomic E-state index is 13.1. The fraction of sp³-hybridized carbons (Fsp3) is 0.632. The smallest absolute Gasteiger partial charge is 0.270 e. The second-order valence-corrected chi connectivity index (χ2v) is 7.16. The number of rotatable bonds is 8. The lowest BCUT2D eigenvalue weighted by Crippen LogP contribution is -2.44. The first kappa shape index (κ1) is 20.1. The summed E-state index contributed by atoms with van der Waals surface area (Å²) in [4.78, 5) is 30.5. The molecular weight excluding hydrogens is 335 g/mol. The lowest BCUT2D eigenvalue weighted by molar-refractivity contribution is -0.141. The number of nitrogen functional groups attached to an aromatic ring is 1. The number of anilines is 1. The molecule has 1 fully saturated rings. The summed E-state index contributed by atoms with van der Waals surface area (Å²) in [6.45, 7) is 2.88. The standard InChI is InChI=1S/C19H29FN4O2/c1-3-4-7-19(8-5-6-9-19)18(26)24(2)11-10-22-17(25)16-12-15(21)14(20)13-23-16/h12-13H,3-11H2,1-2H3,(H2,21,23)(H,22,25). The number of carbonyl (C=O) groups excluding carboxylic acids is 2. The van der Waals surface area contributed by atoms with Crippen molar-refractivity contribution >= 4 is 17.5 Å². The molecule has 7 heteroatoms. The van der Waals surface area contributed by atoms with E-state index in [-0.39, 0.29) is 22.7 Å². The van der Waals surface area contributed by atoms with E-state index in [9.17, 15) is 14.0 Å². The Labute approximate surface area is 154 Å². The highest BCUT2D eigenvalue weighted by molar-refractivity contribution is 5.93. The molecule has 0 atom stereocenters. The van der Waals surface area contributed by atoms with Crippen molar-refractivity contribution < 1.29 is 14.0 Å². The van der Waals surface area contributed by atoms with E-state index in [1.807, 2.05) is 0 Å². The topological polar surface area (TPSA) is 88.3 Å². The number of aromatic nitrogens is 1. The molecule has 6 nitrogen and oxygen atoms in total. The molecule has 0 unspecified atom stereocenters. The molecule has 144 valence electrons. The van der Waals surface area contributed by atoms with Gasteiger partial charge in [0.25, 0.3) is 5.91 Å². The number of amides is 2. The van der Waals surface area contributed by atoms with E-state index in [0.29, 0.717) is 13.1 Å². The fourth-order valence-corrected chi connectivity index (χ4v) is 3.65. The SMILES string of the molecule is CCCCC1(C(=O)N(C)CCNC(=O)c2cc(N)c(F)cn2)CCCC1. The predicted molar refractivity (Wildman–Crippen MR) is 99.0 cm³/mol. The van der Waals surface area contributed by atoms with E-state index in [4.69, 9.17) is 5.73 Å². The zero-order chi connectivity index (χ0) is 19.2. The Morgan fingerprint density at radius 2 is 2.08 bits per heavy atom. The van der Waals surface area contributed by atoms with Crippen LogP contribution in [0.15, 0.2) is 12.3 Å². The lowest BCUT2D eigenvalue weighted by Gasteiger charge is -2.32. The molecule has 1 aromatic rings. The molecule has 1 aliphatic rings. The maximum atomic E-state index is 13.1. The van der Waals surface area contributed by atoms with Gasteiger partial charge in [-0.1, -0.05) is 32.6 Å².